The topological polar surface area (TPSA) is 93.4 Å². The van der Waals surface area contributed by atoms with E-state index in [-0.39, 0.29) is 24.3 Å². The molecule has 0 N–H and O–H groups in total. The second-order valence-electron chi connectivity index (χ2n) is 6.87. The van der Waals surface area contributed by atoms with Gasteiger partial charge in [-0.05, 0) is 35.4 Å². The van der Waals surface area contributed by atoms with Crippen molar-refractivity contribution in [2.75, 3.05) is 32.8 Å². The van der Waals surface area contributed by atoms with E-state index >= 15 is 0 Å². The lowest BCUT2D eigenvalue weighted by molar-refractivity contribution is -0.144. The summed E-state index contributed by atoms with van der Waals surface area (Å²) in [4.78, 5) is 28.4. The zero-order chi connectivity index (χ0) is 18.6. The van der Waals surface area contributed by atoms with Crippen molar-refractivity contribution in [1.82, 2.24) is 30.0 Å². The Morgan fingerprint density at radius 1 is 1.11 bits per heavy atom. The second kappa shape index (κ2) is 7.73. The van der Waals surface area contributed by atoms with Crippen LogP contribution in [0.1, 0.15) is 19.3 Å². The quantitative estimate of drug-likeness (QED) is 0.761. The maximum Gasteiger partial charge on any atom is 0.260 e. The van der Waals surface area contributed by atoms with Gasteiger partial charge in [0, 0.05) is 38.2 Å². The summed E-state index contributed by atoms with van der Waals surface area (Å²) in [6.07, 6.45) is 4.67. The predicted molar refractivity (Wildman–Crippen MR) is 95.2 cm³/mol. The van der Waals surface area contributed by atoms with Crippen LogP contribution in [0.3, 0.4) is 0 Å². The van der Waals surface area contributed by atoms with Crippen LogP contribution in [0.5, 0.6) is 5.75 Å². The standard InChI is InChI=1S/C18H22N6O3/c25-17(22-7-9-23(10-8-22)18(26)14-3-1-4-14)12-27-16-6-2-5-15(11-16)24-13-19-20-21-24/h2,5-6,11,13-14H,1,3-4,7-10,12H2. The number of piperazine rings is 1. The normalized spacial score (nSPS) is 17.5. The Morgan fingerprint density at radius 3 is 2.56 bits per heavy atom. The third kappa shape index (κ3) is 3.91. The molecule has 4 rings (SSSR count). The highest BCUT2D eigenvalue weighted by Crippen LogP contribution is 2.28. The van der Waals surface area contributed by atoms with Crippen molar-refractivity contribution < 1.29 is 14.3 Å². The molecule has 9 heteroatoms. The molecule has 0 unspecified atom stereocenters. The maximum absolute atomic E-state index is 12.4. The average molecular weight is 370 g/mol. The van der Waals surface area contributed by atoms with Gasteiger partial charge in [-0.2, -0.15) is 0 Å². The van der Waals surface area contributed by atoms with E-state index in [4.69, 9.17) is 4.74 Å². The van der Waals surface area contributed by atoms with E-state index < -0.39 is 0 Å². The lowest BCUT2D eigenvalue weighted by atomic mass is 9.84. The summed E-state index contributed by atoms with van der Waals surface area (Å²) in [6.45, 7) is 2.30. The van der Waals surface area contributed by atoms with Gasteiger partial charge in [-0.1, -0.05) is 12.5 Å². The molecule has 2 aromatic rings. The SMILES string of the molecule is O=C(COc1cccc(-n2cnnn2)c1)N1CCN(C(=O)C2CCC2)CC1. The molecule has 0 bridgehead atoms. The number of amides is 2. The number of hydrogen-bond acceptors (Lipinski definition) is 6. The largest absolute Gasteiger partial charge is 0.484 e. The fraction of sp³-hybridized carbons (Fsp3) is 0.500. The van der Waals surface area contributed by atoms with Gasteiger partial charge in [0.2, 0.25) is 5.91 Å². The van der Waals surface area contributed by atoms with E-state index in [0.29, 0.717) is 31.9 Å². The van der Waals surface area contributed by atoms with E-state index in [2.05, 4.69) is 15.5 Å². The first-order valence-electron chi connectivity index (χ1n) is 9.23. The first kappa shape index (κ1) is 17.4. The third-order valence-corrected chi connectivity index (χ3v) is 5.19. The third-order valence-electron chi connectivity index (χ3n) is 5.19. The van der Waals surface area contributed by atoms with Crippen LogP contribution in [0.4, 0.5) is 0 Å². The smallest absolute Gasteiger partial charge is 0.260 e. The van der Waals surface area contributed by atoms with Crippen LogP contribution in [-0.2, 0) is 9.59 Å². The number of ether oxygens (including phenoxy) is 1. The van der Waals surface area contributed by atoms with Crippen LogP contribution < -0.4 is 4.74 Å². The molecule has 2 amide bonds. The minimum absolute atomic E-state index is 0.0321. The van der Waals surface area contributed by atoms with Crippen LogP contribution in [-0.4, -0.2) is 74.6 Å². The molecule has 27 heavy (non-hydrogen) atoms. The number of tetrazole rings is 1. The van der Waals surface area contributed by atoms with Crippen LogP contribution in [0.2, 0.25) is 0 Å². The molecular weight excluding hydrogens is 348 g/mol. The van der Waals surface area contributed by atoms with Crippen molar-refractivity contribution in [1.29, 1.82) is 0 Å². The number of carbonyl (C=O) groups excluding carboxylic acids is 2. The van der Waals surface area contributed by atoms with E-state index in [1.54, 1.807) is 17.0 Å². The van der Waals surface area contributed by atoms with Gasteiger partial charge in [-0.3, -0.25) is 9.59 Å². The van der Waals surface area contributed by atoms with Gasteiger partial charge in [0.05, 0.1) is 5.69 Å². The van der Waals surface area contributed by atoms with Crippen LogP contribution in [0, 0.1) is 5.92 Å². The number of nitrogens with zero attached hydrogens (tertiary/aromatic N) is 6. The van der Waals surface area contributed by atoms with Crippen molar-refractivity contribution in [2.45, 2.75) is 19.3 Å². The molecule has 1 saturated carbocycles. The summed E-state index contributed by atoms with van der Waals surface area (Å²) >= 11 is 0. The van der Waals surface area contributed by atoms with Crippen LogP contribution in [0.15, 0.2) is 30.6 Å². The lowest BCUT2D eigenvalue weighted by Crippen LogP contribution is -2.53. The molecule has 1 saturated heterocycles. The van der Waals surface area contributed by atoms with Crippen molar-refractivity contribution in [3.05, 3.63) is 30.6 Å². The average Bonchev–Trinajstić information content (AvgIpc) is 3.20. The Labute approximate surface area is 156 Å². The van der Waals surface area contributed by atoms with E-state index in [0.717, 1.165) is 24.9 Å². The Balaban J connectivity index is 1.26. The Bertz CT molecular complexity index is 797. The van der Waals surface area contributed by atoms with Crippen molar-refractivity contribution in [3.8, 4) is 11.4 Å². The van der Waals surface area contributed by atoms with Gasteiger partial charge in [0.25, 0.3) is 5.91 Å². The van der Waals surface area contributed by atoms with E-state index in [9.17, 15) is 9.59 Å². The van der Waals surface area contributed by atoms with Gasteiger partial charge in [0.15, 0.2) is 6.61 Å². The molecule has 1 aliphatic carbocycles. The summed E-state index contributed by atoms with van der Waals surface area (Å²) in [5.74, 6) is 0.973. The number of carbonyl (C=O) groups is 2. The molecule has 0 spiro atoms. The fourth-order valence-corrected chi connectivity index (χ4v) is 3.32. The lowest BCUT2D eigenvalue weighted by Gasteiger charge is -2.38. The molecule has 9 nitrogen and oxygen atoms in total. The molecule has 0 atom stereocenters. The minimum Gasteiger partial charge on any atom is -0.484 e. The molecule has 2 heterocycles. The minimum atomic E-state index is -0.0708. The van der Waals surface area contributed by atoms with Crippen LogP contribution in [0.25, 0.3) is 5.69 Å². The summed E-state index contributed by atoms with van der Waals surface area (Å²) in [7, 11) is 0. The second-order valence-corrected chi connectivity index (χ2v) is 6.87. The monoisotopic (exact) mass is 370 g/mol. The maximum atomic E-state index is 12.4. The summed E-state index contributed by atoms with van der Waals surface area (Å²) in [5.41, 5.74) is 0.757. The fourth-order valence-electron chi connectivity index (χ4n) is 3.32. The molecule has 142 valence electrons. The summed E-state index contributed by atoms with van der Waals surface area (Å²) in [6, 6.07) is 7.24. The Kier molecular flexibility index (Phi) is 4.99. The van der Waals surface area contributed by atoms with Gasteiger partial charge in [-0.15, -0.1) is 5.10 Å². The molecule has 1 aromatic carbocycles. The summed E-state index contributed by atoms with van der Waals surface area (Å²) < 4.78 is 7.17. The number of benzene rings is 1. The predicted octanol–water partition coefficient (Wildman–Crippen LogP) is 0.512. The molecular formula is C18H22N6O3. The molecule has 1 aromatic heterocycles. The van der Waals surface area contributed by atoms with Gasteiger partial charge >= 0.3 is 0 Å². The van der Waals surface area contributed by atoms with Gasteiger partial charge in [0.1, 0.15) is 12.1 Å². The number of hydrogen-bond donors (Lipinski definition) is 0. The molecule has 2 fully saturated rings. The molecule has 0 radical (unpaired) electrons. The van der Waals surface area contributed by atoms with Crippen molar-refractivity contribution in [2.24, 2.45) is 5.92 Å². The first-order chi connectivity index (χ1) is 13.2. The zero-order valence-electron chi connectivity index (χ0n) is 15.0. The van der Waals surface area contributed by atoms with Crippen molar-refractivity contribution >= 4 is 11.8 Å². The first-order valence-corrected chi connectivity index (χ1v) is 9.23. The molecule has 1 aliphatic heterocycles. The summed E-state index contributed by atoms with van der Waals surface area (Å²) in [5, 5.41) is 11.0. The highest BCUT2D eigenvalue weighted by Gasteiger charge is 2.32. The molecule has 2 aliphatic rings. The van der Waals surface area contributed by atoms with E-state index in [1.807, 2.05) is 17.0 Å². The Hall–Kier alpha value is -2.97. The number of rotatable bonds is 5. The number of aromatic nitrogens is 4. The van der Waals surface area contributed by atoms with Crippen molar-refractivity contribution in [3.63, 3.8) is 0 Å². The van der Waals surface area contributed by atoms with E-state index in [1.165, 1.54) is 11.0 Å². The van der Waals surface area contributed by atoms with Crippen LogP contribution >= 0.6 is 0 Å². The van der Waals surface area contributed by atoms with Gasteiger partial charge < -0.3 is 14.5 Å². The zero-order valence-corrected chi connectivity index (χ0v) is 15.0. The highest BCUT2D eigenvalue weighted by atomic mass is 16.5. The Morgan fingerprint density at radius 2 is 1.89 bits per heavy atom. The highest BCUT2D eigenvalue weighted by molar-refractivity contribution is 5.81. The van der Waals surface area contributed by atoms with Gasteiger partial charge in [-0.25, -0.2) is 4.68 Å².